The molecule has 1 amide bonds. The van der Waals surface area contributed by atoms with Crippen LogP contribution in [0.15, 0.2) is 77.4 Å². The summed E-state index contributed by atoms with van der Waals surface area (Å²) in [7, 11) is 1.64. The second kappa shape index (κ2) is 8.20. The van der Waals surface area contributed by atoms with E-state index in [1.54, 1.807) is 13.4 Å². The van der Waals surface area contributed by atoms with Gasteiger partial charge in [0.05, 0.1) is 19.4 Å². The number of carbonyl (C=O) groups is 1. The highest BCUT2D eigenvalue weighted by Crippen LogP contribution is 2.24. The van der Waals surface area contributed by atoms with E-state index in [2.05, 4.69) is 5.32 Å². The SMILES string of the molecule is COc1ccc([C@H](NC(=O)CCc2ccco2)c2ccccc2)cc1. The van der Waals surface area contributed by atoms with Crippen molar-refractivity contribution >= 4 is 5.91 Å². The van der Waals surface area contributed by atoms with Gasteiger partial charge in [-0.25, -0.2) is 0 Å². The van der Waals surface area contributed by atoms with Crippen LogP contribution in [0.5, 0.6) is 5.75 Å². The molecule has 1 atom stereocenters. The Hall–Kier alpha value is -3.01. The number of hydrogen-bond donors (Lipinski definition) is 1. The predicted molar refractivity (Wildman–Crippen MR) is 96.5 cm³/mol. The van der Waals surface area contributed by atoms with E-state index in [1.165, 1.54) is 0 Å². The van der Waals surface area contributed by atoms with E-state index in [1.807, 2.05) is 66.7 Å². The summed E-state index contributed by atoms with van der Waals surface area (Å²) < 4.78 is 10.5. The lowest BCUT2D eigenvalue weighted by Crippen LogP contribution is -2.29. The van der Waals surface area contributed by atoms with Crippen LogP contribution < -0.4 is 10.1 Å². The summed E-state index contributed by atoms with van der Waals surface area (Å²) >= 11 is 0. The third-order valence-electron chi connectivity index (χ3n) is 4.07. The number of carbonyl (C=O) groups excluding carboxylic acids is 1. The van der Waals surface area contributed by atoms with Crippen LogP contribution in [0.2, 0.25) is 0 Å². The van der Waals surface area contributed by atoms with E-state index in [0.717, 1.165) is 22.6 Å². The molecule has 25 heavy (non-hydrogen) atoms. The molecule has 0 aliphatic heterocycles. The Kier molecular flexibility index (Phi) is 5.52. The average molecular weight is 335 g/mol. The molecule has 1 aromatic heterocycles. The Bertz CT molecular complexity index is 780. The first-order chi connectivity index (χ1) is 12.3. The summed E-state index contributed by atoms with van der Waals surface area (Å²) in [6.07, 6.45) is 2.59. The molecule has 0 unspecified atom stereocenters. The molecule has 1 heterocycles. The molecular formula is C21H21NO3. The predicted octanol–water partition coefficient (Wildman–Crippen LogP) is 4.13. The van der Waals surface area contributed by atoms with Gasteiger partial charge in [-0.05, 0) is 35.4 Å². The minimum atomic E-state index is -0.198. The number of benzene rings is 2. The van der Waals surface area contributed by atoms with Crippen molar-refractivity contribution in [2.75, 3.05) is 7.11 Å². The summed E-state index contributed by atoms with van der Waals surface area (Å²) in [4.78, 5) is 12.4. The van der Waals surface area contributed by atoms with Gasteiger partial charge >= 0.3 is 0 Å². The molecule has 4 heteroatoms. The van der Waals surface area contributed by atoms with E-state index < -0.39 is 0 Å². The standard InChI is InChI=1S/C21H21NO3/c1-24-18-11-9-17(10-12-18)21(16-6-3-2-4-7-16)22-20(23)14-13-19-8-5-15-25-19/h2-12,15,21H,13-14H2,1H3,(H,22,23)/t21-/m1/s1. The van der Waals surface area contributed by atoms with Gasteiger partial charge in [0.25, 0.3) is 0 Å². The van der Waals surface area contributed by atoms with Gasteiger partial charge in [0, 0.05) is 12.8 Å². The lowest BCUT2D eigenvalue weighted by Gasteiger charge is -2.20. The molecule has 1 N–H and O–H groups in total. The van der Waals surface area contributed by atoms with Crippen LogP contribution in [0.4, 0.5) is 0 Å². The molecule has 3 aromatic rings. The molecule has 0 saturated carbocycles. The van der Waals surface area contributed by atoms with Crippen LogP contribution in [0.25, 0.3) is 0 Å². The molecule has 0 fully saturated rings. The van der Waals surface area contributed by atoms with Gasteiger partial charge in [-0.15, -0.1) is 0 Å². The molecular weight excluding hydrogens is 314 g/mol. The number of furan rings is 1. The highest BCUT2D eigenvalue weighted by atomic mass is 16.5. The van der Waals surface area contributed by atoms with Gasteiger partial charge < -0.3 is 14.5 Å². The lowest BCUT2D eigenvalue weighted by atomic mass is 9.98. The fourth-order valence-corrected chi connectivity index (χ4v) is 2.73. The molecule has 0 spiro atoms. The van der Waals surface area contributed by atoms with Crippen LogP contribution >= 0.6 is 0 Å². The normalized spacial score (nSPS) is 11.7. The number of nitrogens with one attached hydrogen (secondary N) is 1. The zero-order chi connectivity index (χ0) is 17.5. The fraction of sp³-hybridized carbons (Fsp3) is 0.190. The first-order valence-corrected chi connectivity index (χ1v) is 8.27. The molecule has 0 aliphatic carbocycles. The van der Waals surface area contributed by atoms with E-state index in [9.17, 15) is 4.79 Å². The molecule has 4 nitrogen and oxygen atoms in total. The average Bonchev–Trinajstić information content (AvgIpc) is 3.19. The van der Waals surface area contributed by atoms with Crippen molar-refractivity contribution < 1.29 is 13.9 Å². The van der Waals surface area contributed by atoms with Crippen molar-refractivity contribution in [3.8, 4) is 5.75 Å². The Labute approximate surface area is 147 Å². The van der Waals surface area contributed by atoms with E-state index in [0.29, 0.717) is 12.8 Å². The van der Waals surface area contributed by atoms with Crippen molar-refractivity contribution in [3.05, 3.63) is 89.9 Å². The maximum Gasteiger partial charge on any atom is 0.221 e. The van der Waals surface area contributed by atoms with Gasteiger partial charge in [0.15, 0.2) is 0 Å². The molecule has 0 aliphatic rings. The zero-order valence-corrected chi connectivity index (χ0v) is 14.1. The summed E-state index contributed by atoms with van der Waals surface area (Å²) in [6.45, 7) is 0. The largest absolute Gasteiger partial charge is 0.497 e. The monoisotopic (exact) mass is 335 g/mol. The number of rotatable bonds is 7. The second-order valence-corrected chi connectivity index (χ2v) is 5.76. The quantitative estimate of drug-likeness (QED) is 0.706. The molecule has 128 valence electrons. The number of methoxy groups -OCH3 is 1. The first-order valence-electron chi connectivity index (χ1n) is 8.27. The van der Waals surface area contributed by atoms with Crippen molar-refractivity contribution in [2.24, 2.45) is 0 Å². The summed E-state index contributed by atoms with van der Waals surface area (Å²) in [5.41, 5.74) is 2.05. The topological polar surface area (TPSA) is 51.5 Å². The maximum absolute atomic E-state index is 12.4. The van der Waals surface area contributed by atoms with Gasteiger partial charge in [0.1, 0.15) is 11.5 Å². The molecule has 0 bridgehead atoms. The third kappa shape index (κ3) is 4.51. The van der Waals surface area contributed by atoms with Gasteiger partial charge in [-0.3, -0.25) is 4.79 Å². The maximum atomic E-state index is 12.4. The third-order valence-corrected chi connectivity index (χ3v) is 4.07. The Morgan fingerprint density at radius 2 is 1.72 bits per heavy atom. The van der Waals surface area contributed by atoms with Crippen LogP contribution in [0.1, 0.15) is 29.3 Å². The van der Waals surface area contributed by atoms with Crippen molar-refractivity contribution in [1.29, 1.82) is 0 Å². The van der Waals surface area contributed by atoms with Crippen LogP contribution in [0.3, 0.4) is 0 Å². The highest BCUT2D eigenvalue weighted by molar-refractivity contribution is 5.77. The second-order valence-electron chi connectivity index (χ2n) is 5.76. The van der Waals surface area contributed by atoms with Crippen LogP contribution in [0, 0.1) is 0 Å². The summed E-state index contributed by atoms with van der Waals surface area (Å²) in [5, 5.41) is 3.13. The zero-order valence-electron chi connectivity index (χ0n) is 14.1. The van der Waals surface area contributed by atoms with Crippen LogP contribution in [-0.2, 0) is 11.2 Å². The molecule has 3 rings (SSSR count). The Morgan fingerprint density at radius 1 is 1.00 bits per heavy atom. The van der Waals surface area contributed by atoms with Crippen molar-refractivity contribution in [2.45, 2.75) is 18.9 Å². The van der Waals surface area contributed by atoms with Crippen molar-refractivity contribution in [1.82, 2.24) is 5.32 Å². The number of ether oxygens (including phenoxy) is 1. The summed E-state index contributed by atoms with van der Waals surface area (Å²) in [6, 6.07) is 21.2. The lowest BCUT2D eigenvalue weighted by molar-refractivity contribution is -0.121. The molecule has 0 saturated heterocycles. The smallest absolute Gasteiger partial charge is 0.221 e. The molecule has 2 aromatic carbocycles. The van der Waals surface area contributed by atoms with Gasteiger partial charge in [-0.2, -0.15) is 0 Å². The van der Waals surface area contributed by atoms with E-state index in [4.69, 9.17) is 9.15 Å². The highest BCUT2D eigenvalue weighted by Gasteiger charge is 2.17. The number of amides is 1. The summed E-state index contributed by atoms with van der Waals surface area (Å²) in [5.74, 6) is 1.59. The Balaban J connectivity index is 1.75. The minimum absolute atomic E-state index is 0.0129. The molecule has 0 radical (unpaired) electrons. The van der Waals surface area contributed by atoms with E-state index >= 15 is 0 Å². The minimum Gasteiger partial charge on any atom is -0.497 e. The fourth-order valence-electron chi connectivity index (χ4n) is 2.73. The van der Waals surface area contributed by atoms with Gasteiger partial charge in [-0.1, -0.05) is 42.5 Å². The number of aryl methyl sites for hydroxylation is 1. The van der Waals surface area contributed by atoms with Gasteiger partial charge in [0.2, 0.25) is 5.91 Å². The number of hydrogen-bond acceptors (Lipinski definition) is 3. The van der Waals surface area contributed by atoms with E-state index in [-0.39, 0.29) is 11.9 Å². The van der Waals surface area contributed by atoms with Crippen molar-refractivity contribution in [3.63, 3.8) is 0 Å². The first kappa shape index (κ1) is 16.8. The Morgan fingerprint density at radius 3 is 2.36 bits per heavy atom. The van der Waals surface area contributed by atoms with Crippen LogP contribution in [-0.4, -0.2) is 13.0 Å².